The molecule has 1 saturated carbocycles. The fourth-order valence-electron chi connectivity index (χ4n) is 3.93. The maximum absolute atomic E-state index is 12.8. The van der Waals surface area contributed by atoms with Crippen molar-refractivity contribution in [1.82, 2.24) is 4.31 Å². The van der Waals surface area contributed by atoms with Crippen LogP contribution in [-0.2, 0) is 10.0 Å². The first-order valence-electron chi connectivity index (χ1n) is 7.52. The van der Waals surface area contributed by atoms with Crippen LogP contribution in [0.5, 0.6) is 0 Å². The average Bonchev–Trinajstić information content (AvgIpc) is 2.98. The Bertz CT molecular complexity index is 585. The Morgan fingerprint density at radius 3 is 2.35 bits per heavy atom. The van der Waals surface area contributed by atoms with Crippen LogP contribution in [0.15, 0.2) is 29.2 Å². The van der Waals surface area contributed by atoms with Crippen LogP contribution in [0, 0.1) is 12.3 Å². The third kappa shape index (κ3) is 2.29. The minimum Gasteiger partial charge on any atom is -0.207 e. The number of hydrogen-bond acceptors (Lipinski definition) is 2. The van der Waals surface area contributed by atoms with E-state index in [-0.39, 0.29) is 11.5 Å². The summed E-state index contributed by atoms with van der Waals surface area (Å²) in [5.74, 6) is 0. The van der Waals surface area contributed by atoms with Crippen molar-refractivity contribution in [2.75, 3.05) is 6.54 Å². The molecule has 2 aliphatic rings. The van der Waals surface area contributed by atoms with E-state index in [9.17, 15) is 8.42 Å². The zero-order chi connectivity index (χ0) is 14.4. The molecule has 0 N–H and O–H groups in total. The second kappa shape index (κ2) is 4.85. The van der Waals surface area contributed by atoms with Gasteiger partial charge in [0.25, 0.3) is 0 Å². The lowest BCUT2D eigenvalue weighted by Crippen LogP contribution is -2.35. The maximum atomic E-state index is 12.8. The van der Waals surface area contributed by atoms with Gasteiger partial charge in [-0.3, -0.25) is 0 Å². The van der Waals surface area contributed by atoms with Crippen molar-refractivity contribution in [1.29, 1.82) is 0 Å². The highest BCUT2D eigenvalue weighted by Gasteiger charge is 2.47. The van der Waals surface area contributed by atoms with Crippen LogP contribution in [0.4, 0.5) is 0 Å². The molecule has 2 fully saturated rings. The van der Waals surface area contributed by atoms with Crippen molar-refractivity contribution in [2.24, 2.45) is 5.41 Å². The highest BCUT2D eigenvalue weighted by atomic mass is 32.2. The van der Waals surface area contributed by atoms with Crippen LogP contribution in [0.1, 0.15) is 44.6 Å². The zero-order valence-electron chi connectivity index (χ0n) is 12.3. The number of nitrogens with zero attached hydrogens (tertiary/aromatic N) is 1. The first kappa shape index (κ1) is 14.1. The van der Waals surface area contributed by atoms with E-state index in [0.29, 0.717) is 11.4 Å². The second-order valence-corrected chi connectivity index (χ2v) is 8.51. The number of aryl methyl sites for hydroxylation is 1. The summed E-state index contributed by atoms with van der Waals surface area (Å²) in [6.07, 6.45) is 5.92. The number of benzene rings is 1. The Morgan fingerprint density at radius 1 is 1.15 bits per heavy atom. The molecule has 0 bridgehead atoms. The molecule has 1 atom stereocenters. The topological polar surface area (TPSA) is 37.4 Å². The lowest BCUT2D eigenvalue weighted by atomic mass is 9.84. The molecule has 1 aliphatic heterocycles. The van der Waals surface area contributed by atoms with Crippen LogP contribution in [0.3, 0.4) is 0 Å². The van der Waals surface area contributed by atoms with Gasteiger partial charge in [-0.05, 0) is 50.7 Å². The van der Waals surface area contributed by atoms with Gasteiger partial charge in [-0.15, -0.1) is 0 Å². The molecule has 4 heteroatoms. The van der Waals surface area contributed by atoms with Gasteiger partial charge in [-0.2, -0.15) is 4.31 Å². The molecule has 0 amide bonds. The first-order valence-corrected chi connectivity index (χ1v) is 8.96. The van der Waals surface area contributed by atoms with E-state index in [2.05, 4.69) is 6.92 Å². The van der Waals surface area contributed by atoms with E-state index in [4.69, 9.17) is 0 Å². The highest BCUT2D eigenvalue weighted by molar-refractivity contribution is 7.89. The summed E-state index contributed by atoms with van der Waals surface area (Å²) in [6.45, 7) is 4.74. The van der Waals surface area contributed by atoms with Crippen LogP contribution >= 0.6 is 0 Å². The van der Waals surface area contributed by atoms with Crippen molar-refractivity contribution in [2.45, 2.75) is 56.9 Å². The second-order valence-electron chi connectivity index (χ2n) is 6.62. The Balaban J connectivity index is 1.90. The molecule has 1 aromatic carbocycles. The number of rotatable bonds is 2. The third-order valence-corrected chi connectivity index (χ3v) is 6.98. The summed E-state index contributed by atoms with van der Waals surface area (Å²) < 4.78 is 27.4. The number of sulfonamides is 1. The molecule has 20 heavy (non-hydrogen) atoms. The predicted molar refractivity (Wildman–Crippen MR) is 80.1 cm³/mol. The van der Waals surface area contributed by atoms with E-state index in [0.717, 1.165) is 12.0 Å². The average molecular weight is 293 g/mol. The summed E-state index contributed by atoms with van der Waals surface area (Å²) in [6, 6.07) is 7.34. The van der Waals surface area contributed by atoms with Gasteiger partial charge in [0.05, 0.1) is 4.90 Å². The summed E-state index contributed by atoms with van der Waals surface area (Å²) in [4.78, 5) is 0.435. The highest BCUT2D eigenvalue weighted by Crippen LogP contribution is 2.48. The Morgan fingerprint density at radius 2 is 1.75 bits per heavy atom. The van der Waals surface area contributed by atoms with Crippen LogP contribution in [-0.4, -0.2) is 25.3 Å². The van der Waals surface area contributed by atoms with Crippen LogP contribution in [0.2, 0.25) is 0 Å². The molecule has 0 radical (unpaired) electrons. The minimum absolute atomic E-state index is 0.124. The van der Waals surface area contributed by atoms with Gasteiger partial charge in [0.15, 0.2) is 0 Å². The van der Waals surface area contributed by atoms with E-state index >= 15 is 0 Å². The van der Waals surface area contributed by atoms with Crippen LogP contribution in [0.25, 0.3) is 0 Å². The lowest BCUT2D eigenvalue weighted by molar-refractivity contribution is 0.313. The molecule has 3 rings (SSSR count). The molecule has 1 aliphatic carbocycles. The Kier molecular flexibility index (Phi) is 3.41. The molecule has 110 valence electrons. The SMILES string of the molecule is Cc1ccc(S(=O)(=O)N2CC3(CCCC3)C[C@H]2C)cc1. The molecular weight excluding hydrogens is 270 g/mol. The van der Waals surface area contributed by atoms with Crippen LogP contribution < -0.4 is 0 Å². The van der Waals surface area contributed by atoms with E-state index in [1.807, 2.05) is 19.1 Å². The summed E-state index contributed by atoms with van der Waals surface area (Å²) in [7, 11) is -3.33. The largest absolute Gasteiger partial charge is 0.243 e. The summed E-state index contributed by atoms with van der Waals surface area (Å²) in [5, 5.41) is 0. The van der Waals surface area contributed by atoms with Crippen molar-refractivity contribution >= 4 is 10.0 Å². The van der Waals surface area contributed by atoms with Gasteiger partial charge in [0.2, 0.25) is 10.0 Å². The van der Waals surface area contributed by atoms with Gasteiger partial charge >= 0.3 is 0 Å². The molecule has 0 aromatic heterocycles. The molecule has 1 aromatic rings. The quantitative estimate of drug-likeness (QED) is 0.838. The van der Waals surface area contributed by atoms with Crippen molar-refractivity contribution in [3.8, 4) is 0 Å². The Hall–Kier alpha value is -0.870. The molecular formula is C16H23NO2S. The summed E-state index contributed by atoms with van der Waals surface area (Å²) >= 11 is 0. The number of hydrogen-bond donors (Lipinski definition) is 0. The first-order chi connectivity index (χ1) is 9.43. The fraction of sp³-hybridized carbons (Fsp3) is 0.625. The Labute approximate surface area is 122 Å². The molecule has 1 saturated heterocycles. The predicted octanol–water partition coefficient (Wildman–Crippen LogP) is 3.34. The van der Waals surface area contributed by atoms with Gasteiger partial charge < -0.3 is 0 Å². The van der Waals surface area contributed by atoms with E-state index in [1.54, 1.807) is 16.4 Å². The van der Waals surface area contributed by atoms with Gasteiger partial charge in [0.1, 0.15) is 0 Å². The molecule has 1 heterocycles. The van der Waals surface area contributed by atoms with Gasteiger partial charge in [-0.25, -0.2) is 8.42 Å². The smallest absolute Gasteiger partial charge is 0.207 e. The monoisotopic (exact) mass is 293 g/mol. The summed E-state index contributed by atoms with van der Waals surface area (Å²) in [5.41, 5.74) is 1.35. The maximum Gasteiger partial charge on any atom is 0.243 e. The molecule has 1 spiro atoms. The fourth-order valence-corrected chi connectivity index (χ4v) is 5.68. The van der Waals surface area contributed by atoms with Gasteiger partial charge in [0, 0.05) is 12.6 Å². The molecule has 0 unspecified atom stereocenters. The van der Waals surface area contributed by atoms with Gasteiger partial charge in [-0.1, -0.05) is 30.5 Å². The van der Waals surface area contributed by atoms with E-state index < -0.39 is 10.0 Å². The van der Waals surface area contributed by atoms with E-state index in [1.165, 1.54) is 25.7 Å². The van der Waals surface area contributed by atoms with Crippen molar-refractivity contribution < 1.29 is 8.42 Å². The minimum atomic E-state index is -3.33. The van der Waals surface area contributed by atoms with Crippen molar-refractivity contribution in [3.63, 3.8) is 0 Å². The zero-order valence-corrected chi connectivity index (χ0v) is 13.1. The standard InChI is InChI=1S/C16H23NO2S/c1-13-5-7-15(8-6-13)20(18,19)17-12-16(11-14(17)2)9-3-4-10-16/h5-8,14H,3-4,9-12H2,1-2H3/t14-/m1/s1. The molecule has 3 nitrogen and oxygen atoms in total. The third-order valence-electron chi connectivity index (χ3n) is 5.00. The normalized spacial score (nSPS) is 26.4. The van der Waals surface area contributed by atoms with Crippen molar-refractivity contribution in [3.05, 3.63) is 29.8 Å². The lowest BCUT2D eigenvalue weighted by Gasteiger charge is -2.23.